The second kappa shape index (κ2) is 7.81. The van der Waals surface area contributed by atoms with Crippen molar-refractivity contribution in [1.29, 1.82) is 0 Å². The van der Waals surface area contributed by atoms with Crippen LogP contribution in [0.1, 0.15) is 5.56 Å². The van der Waals surface area contributed by atoms with Gasteiger partial charge >= 0.3 is 0 Å². The molecule has 0 aromatic heterocycles. The molecule has 0 saturated carbocycles. The SMILES string of the molecule is COc1ccc(OC)c(S(=O)(=O)N/N=C/c2cc(Cl)c(O)c(Cl)c2)c1. The fraction of sp³-hybridized carbons (Fsp3) is 0.133. The molecular weight excluding hydrogens is 391 g/mol. The molecule has 0 saturated heterocycles. The summed E-state index contributed by atoms with van der Waals surface area (Å²) in [4.78, 5) is 1.93. The number of methoxy groups -OCH3 is 2. The molecule has 25 heavy (non-hydrogen) atoms. The first kappa shape index (κ1) is 19.2. The van der Waals surface area contributed by atoms with Crippen molar-refractivity contribution in [2.24, 2.45) is 5.10 Å². The summed E-state index contributed by atoms with van der Waals surface area (Å²) >= 11 is 11.6. The van der Waals surface area contributed by atoms with Gasteiger partial charge in [0.2, 0.25) is 0 Å². The van der Waals surface area contributed by atoms with Gasteiger partial charge in [-0.05, 0) is 29.8 Å². The Labute approximate surface area is 154 Å². The molecule has 134 valence electrons. The second-order valence-electron chi connectivity index (χ2n) is 4.70. The van der Waals surface area contributed by atoms with E-state index in [4.69, 9.17) is 32.7 Å². The minimum atomic E-state index is -4.00. The molecule has 7 nitrogen and oxygen atoms in total. The van der Waals surface area contributed by atoms with E-state index in [2.05, 4.69) is 9.93 Å². The van der Waals surface area contributed by atoms with Gasteiger partial charge in [-0.3, -0.25) is 0 Å². The number of ether oxygens (including phenoxy) is 2. The molecule has 0 spiro atoms. The molecule has 0 aliphatic heterocycles. The van der Waals surface area contributed by atoms with Crippen molar-refractivity contribution in [3.05, 3.63) is 45.9 Å². The lowest BCUT2D eigenvalue weighted by Gasteiger charge is -2.10. The molecule has 2 rings (SSSR count). The van der Waals surface area contributed by atoms with Crippen LogP contribution in [0.15, 0.2) is 40.3 Å². The maximum atomic E-state index is 12.4. The zero-order valence-corrected chi connectivity index (χ0v) is 15.5. The van der Waals surface area contributed by atoms with Crippen LogP contribution in [-0.2, 0) is 10.0 Å². The topological polar surface area (TPSA) is 97.2 Å². The molecular formula is C15H14Cl2N2O5S. The molecule has 10 heteroatoms. The number of nitrogens with one attached hydrogen (secondary N) is 1. The highest BCUT2D eigenvalue weighted by atomic mass is 35.5. The summed E-state index contributed by atoms with van der Waals surface area (Å²) in [6.45, 7) is 0. The number of phenols is 1. The Morgan fingerprint density at radius 1 is 1.12 bits per heavy atom. The van der Waals surface area contributed by atoms with Gasteiger partial charge in [-0.25, -0.2) is 0 Å². The summed E-state index contributed by atoms with van der Waals surface area (Å²) in [6.07, 6.45) is 1.20. The van der Waals surface area contributed by atoms with Crippen molar-refractivity contribution < 1.29 is 23.0 Å². The zero-order valence-electron chi connectivity index (χ0n) is 13.2. The van der Waals surface area contributed by atoms with E-state index in [1.165, 1.54) is 44.7 Å². The maximum Gasteiger partial charge on any atom is 0.280 e. The molecule has 0 aliphatic rings. The number of hydrogen-bond donors (Lipinski definition) is 2. The van der Waals surface area contributed by atoms with Gasteiger partial charge in [0.25, 0.3) is 10.0 Å². The molecule has 0 atom stereocenters. The quantitative estimate of drug-likeness (QED) is 0.569. The van der Waals surface area contributed by atoms with Gasteiger partial charge in [-0.15, -0.1) is 0 Å². The van der Waals surface area contributed by atoms with Gasteiger partial charge in [-0.1, -0.05) is 23.2 Å². The van der Waals surface area contributed by atoms with Crippen LogP contribution in [0.3, 0.4) is 0 Å². The number of hydrazone groups is 1. The van der Waals surface area contributed by atoms with E-state index in [9.17, 15) is 13.5 Å². The zero-order chi connectivity index (χ0) is 18.6. The van der Waals surface area contributed by atoms with Crippen molar-refractivity contribution in [2.45, 2.75) is 4.90 Å². The Kier molecular flexibility index (Phi) is 5.99. The number of aromatic hydroxyl groups is 1. The fourth-order valence-electron chi connectivity index (χ4n) is 1.87. The average molecular weight is 405 g/mol. The maximum absolute atomic E-state index is 12.4. The van der Waals surface area contributed by atoms with Crippen LogP contribution < -0.4 is 14.3 Å². The number of nitrogens with zero attached hydrogens (tertiary/aromatic N) is 1. The van der Waals surface area contributed by atoms with Crippen LogP contribution in [0.5, 0.6) is 17.2 Å². The van der Waals surface area contributed by atoms with E-state index in [1.54, 1.807) is 6.07 Å². The number of phenolic OH excluding ortho intramolecular Hbond substituents is 1. The van der Waals surface area contributed by atoms with Gasteiger partial charge in [0.05, 0.1) is 30.5 Å². The minimum Gasteiger partial charge on any atom is -0.505 e. The summed E-state index contributed by atoms with van der Waals surface area (Å²) in [5, 5.41) is 13.2. The Hall–Kier alpha value is -2.16. The lowest BCUT2D eigenvalue weighted by molar-refractivity contribution is 0.392. The minimum absolute atomic E-state index is 0.0197. The first-order chi connectivity index (χ1) is 11.8. The number of sulfonamides is 1. The summed E-state index contributed by atoms with van der Waals surface area (Å²) in [5.41, 5.74) is 0.396. The van der Waals surface area contributed by atoms with Gasteiger partial charge in [-0.2, -0.15) is 18.4 Å². The van der Waals surface area contributed by atoms with Crippen molar-refractivity contribution >= 4 is 39.4 Å². The van der Waals surface area contributed by atoms with Crippen LogP contribution in [0.25, 0.3) is 0 Å². The Morgan fingerprint density at radius 2 is 1.76 bits per heavy atom. The van der Waals surface area contributed by atoms with E-state index < -0.39 is 10.0 Å². The van der Waals surface area contributed by atoms with Crippen molar-refractivity contribution in [2.75, 3.05) is 14.2 Å². The second-order valence-corrected chi connectivity index (χ2v) is 7.15. The van der Waals surface area contributed by atoms with Gasteiger partial charge in [0.15, 0.2) is 5.75 Å². The van der Waals surface area contributed by atoms with Crippen LogP contribution in [-0.4, -0.2) is 34.0 Å². The number of rotatable bonds is 6. The summed E-state index contributed by atoms with van der Waals surface area (Å²) in [7, 11) is -1.23. The van der Waals surface area contributed by atoms with E-state index in [0.29, 0.717) is 11.3 Å². The Balaban J connectivity index is 2.28. The predicted octanol–water partition coefficient (Wildman–Crippen LogP) is 3.03. The Bertz CT molecular complexity index is 893. The van der Waals surface area contributed by atoms with Gasteiger partial charge in [0.1, 0.15) is 16.4 Å². The average Bonchev–Trinajstić information content (AvgIpc) is 2.58. The van der Waals surface area contributed by atoms with Crippen LogP contribution in [0.4, 0.5) is 0 Å². The normalized spacial score (nSPS) is 11.5. The first-order valence-corrected chi connectivity index (χ1v) is 8.97. The van der Waals surface area contributed by atoms with Crippen molar-refractivity contribution in [3.8, 4) is 17.2 Å². The summed E-state index contributed by atoms with van der Waals surface area (Å²) in [6, 6.07) is 7.11. The third-order valence-electron chi connectivity index (χ3n) is 3.09. The molecule has 0 heterocycles. The molecule has 2 aromatic rings. The summed E-state index contributed by atoms with van der Waals surface area (Å²) in [5.74, 6) is 0.226. The molecule has 0 radical (unpaired) electrons. The summed E-state index contributed by atoms with van der Waals surface area (Å²) < 4.78 is 34.9. The first-order valence-electron chi connectivity index (χ1n) is 6.73. The largest absolute Gasteiger partial charge is 0.505 e. The fourth-order valence-corrected chi connectivity index (χ4v) is 3.35. The smallest absolute Gasteiger partial charge is 0.280 e. The van der Waals surface area contributed by atoms with Gasteiger partial charge < -0.3 is 14.6 Å². The molecule has 0 bridgehead atoms. The van der Waals surface area contributed by atoms with Crippen LogP contribution >= 0.6 is 23.2 Å². The van der Waals surface area contributed by atoms with E-state index in [0.717, 1.165) is 0 Å². The molecule has 2 aromatic carbocycles. The number of halogens is 2. The highest BCUT2D eigenvalue weighted by Gasteiger charge is 2.20. The third kappa shape index (κ3) is 4.47. The number of benzene rings is 2. The molecule has 0 unspecified atom stereocenters. The van der Waals surface area contributed by atoms with Crippen molar-refractivity contribution in [1.82, 2.24) is 4.83 Å². The van der Waals surface area contributed by atoms with E-state index >= 15 is 0 Å². The van der Waals surface area contributed by atoms with E-state index in [-0.39, 0.29) is 26.4 Å². The van der Waals surface area contributed by atoms with Crippen LogP contribution in [0, 0.1) is 0 Å². The number of hydrogen-bond acceptors (Lipinski definition) is 6. The molecule has 2 N–H and O–H groups in total. The molecule has 0 fully saturated rings. The van der Waals surface area contributed by atoms with E-state index in [1.807, 2.05) is 0 Å². The predicted molar refractivity (Wildman–Crippen MR) is 95.6 cm³/mol. The highest BCUT2D eigenvalue weighted by Crippen LogP contribution is 2.32. The Morgan fingerprint density at radius 3 is 2.32 bits per heavy atom. The lowest BCUT2D eigenvalue weighted by atomic mass is 10.2. The monoisotopic (exact) mass is 404 g/mol. The molecule has 0 amide bonds. The highest BCUT2D eigenvalue weighted by molar-refractivity contribution is 7.89. The molecule has 0 aliphatic carbocycles. The standard InChI is InChI=1S/C15H14Cl2N2O5S/c1-23-10-3-4-13(24-2)14(7-10)25(21,22)19-18-8-9-5-11(16)15(20)12(17)6-9/h3-8,19-20H,1-2H3/b18-8+. The van der Waals surface area contributed by atoms with Crippen LogP contribution in [0.2, 0.25) is 10.0 Å². The van der Waals surface area contributed by atoms with Crippen molar-refractivity contribution in [3.63, 3.8) is 0 Å². The lowest BCUT2D eigenvalue weighted by Crippen LogP contribution is -2.19. The van der Waals surface area contributed by atoms with Gasteiger partial charge in [0, 0.05) is 6.07 Å². The third-order valence-corrected chi connectivity index (χ3v) is 4.91.